The van der Waals surface area contributed by atoms with E-state index in [0.29, 0.717) is 33.3 Å². The average Bonchev–Trinajstić information content (AvgIpc) is 3.25. The van der Waals surface area contributed by atoms with Gasteiger partial charge in [-0.15, -0.1) is 0 Å². The fourth-order valence-electron chi connectivity index (χ4n) is 2.82. The SMILES string of the molecule is Cn1cccc1Cn1ncc2c(Cl)c(C(=O)Nc3ccc(Cl)cc3)cnc21. The first-order valence-corrected chi connectivity index (χ1v) is 8.95. The molecule has 4 rings (SSSR count). The van der Waals surface area contributed by atoms with Crippen molar-refractivity contribution < 1.29 is 4.79 Å². The fraction of sp³-hybridized carbons (Fsp3) is 0.105. The molecule has 136 valence electrons. The lowest BCUT2D eigenvalue weighted by Crippen LogP contribution is -2.13. The number of carbonyl (C=O) groups excluding carboxylic acids is 1. The van der Waals surface area contributed by atoms with Gasteiger partial charge in [-0.25, -0.2) is 9.67 Å². The third kappa shape index (κ3) is 3.41. The summed E-state index contributed by atoms with van der Waals surface area (Å²) in [6, 6.07) is 10.8. The fourth-order valence-corrected chi connectivity index (χ4v) is 3.21. The molecule has 0 aliphatic heterocycles. The summed E-state index contributed by atoms with van der Waals surface area (Å²) < 4.78 is 3.78. The minimum Gasteiger partial charge on any atom is -0.353 e. The second kappa shape index (κ2) is 7.06. The first-order valence-electron chi connectivity index (χ1n) is 8.20. The molecule has 4 aromatic rings. The molecule has 0 radical (unpaired) electrons. The minimum absolute atomic E-state index is 0.289. The van der Waals surface area contributed by atoms with Crippen molar-refractivity contribution in [3.63, 3.8) is 0 Å². The van der Waals surface area contributed by atoms with E-state index in [9.17, 15) is 4.79 Å². The average molecular weight is 400 g/mol. The summed E-state index contributed by atoms with van der Waals surface area (Å²) in [4.78, 5) is 17.0. The molecule has 3 heterocycles. The maximum atomic E-state index is 12.6. The van der Waals surface area contributed by atoms with E-state index in [0.717, 1.165) is 5.69 Å². The molecule has 0 saturated heterocycles. The van der Waals surface area contributed by atoms with Crippen LogP contribution < -0.4 is 5.32 Å². The lowest BCUT2D eigenvalue weighted by molar-refractivity contribution is 0.102. The molecule has 0 fully saturated rings. The van der Waals surface area contributed by atoms with Crippen LogP contribution in [0.4, 0.5) is 5.69 Å². The Labute approximate surface area is 165 Å². The molecule has 1 aromatic carbocycles. The number of anilines is 1. The number of rotatable bonds is 4. The molecule has 6 nitrogen and oxygen atoms in total. The number of aromatic nitrogens is 4. The molecular weight excluding hydrogens is 385 g/mol. The number of halogens is 2. The Morgan fingerprint density at radius 2 is 1.93 bits per heavy atom. The number of nitrogens with zero attached hydrogens (tertiary/aromatic N) is 4. The standard InChI is InChI=1S/C19H15Cl2N5O/c1-25-8-2-3-14(25)11-26-18-15(10-23-26)17(21)16(9-22-18)19(27)24-13-6-4-12(20)5-7-13/h2-10H,11H2,1H3,(H,24,27). The van der Waals surface area contributed by atoms with Gasteiger partial charge in [-0.05, 0) is 36.4 Å². The predicted molar refractivity (Wildman–Crippen MR) is 106 cm³/mol. The van der Waals surface area contributed by atoms with Gasteiger partial charge in [-0.2, -0.15) is 5.10 Å². The molecular formula is C19H15Cl2N5O. The first kappa shape index (κ1) is 17.6. The molecule has 8 heteroatoms. The first-order chi connectivity index (χ1) is 13.0. The lowest BCUT2D eigenvalue weighted by Gasteiger charge is -2.08. The molecule has 0 aliphatic rings. The van der Waals surface area contributed by atoms with Crippen LogP contribution in [-0.2, 0) is 13.6 Å². The van der Waals surface area contributed by atoms with E-state index in [1.54, 1.807) is 35.1 Å². The summed E-state index contributed by atoms with van der Waals surface area (Å²) in [5, 5.41) is 8.72. The Balaban J connectivity index is 1.63. The number of benzene rings is 1. The second-order valence-electron chi connectivity index (χ2n) is 6.10. The Morgan fingerprint density at radius 1 is 1.15 bits per heavy atom. The van der Waals surface area contributed by atoms with Gasteiger partial charge in [0.2, 0.25) is 0 Å². The third-order valence-corrected chi connectivity index (χ3v) is 4.97. The number of carbonyl (C=O) groups is 1. The van der Waals surface area contributed by atoms with E-state index in [-0.39, 0.29) is 11.5 Å². The lowest BCUT2D eigenvalue weighted by atomic mass is 10.2. The van der Waals surface area contributed by atoms with Crippen LogP contribution in [0.15, 0.2) is 55.0 Å². The predicted octanol–water partition coefficient (Wildman–Crippen LogP) is 4.38. The van der Waals surface area contributed by atoms with Gasteiger partial charge in [-0.3, -0.25) is 4.79 Å². The van der Waals surface area contributed by atoms with Crippen LogP contribution in [0.25, 0.3) is 11.0 Å². The Hall–Kier alpha value is -2.83. The Bertz CT molecular complexity index is 1130. The zero-order valence-corrected chi connectivity index (χ0v) is 15.9. The normalized spacial score (nSPS) is 11.1. The van der Waals surface area contributed by atoms with Crippen LogP contribution >= 0.6 is 23.2 Å². The van der Waals surface area contributed by atoms with E-state index in [1.807, 2.05) is 29.9 Å². The van der Waals surface area contributed by atoms with E-state index in [1.165, 1.54) is 6.20 Å². The third-order valence-electron chi connectivity index (χ3n) is 4.31. The summed E-state index contributed by atoms with van der Waals surface area (Å²) in [6.45, 7) is 0.562. The molecule has 3 aromatic heterocycles. The van der Waals surface area contributed by atoms with Crippen LogP contribution in [0.1, 0.15) is 16.1 Å². The van der Waals surface area contributed by atoms with Crippen LogP contribution in [0.5, 0.6) is 0 Å². The van der Waals surface area contributed by atoms with Crippen molar-refractivity contribution in [1.29, 1.82) is 0 Å². The molecule has 0 atom stereocenters. The number of pyridine rings is 1. The van der Waals surface area contributed by atoms with Gasteiger partial charge in [0.15, 0.2) is 5.65 Å². The zero-order chi connectivity index (χ0) is 19.0. The van der Waals surface area contributed by atoms with Crippen LogP contribution in [0, 0.1) is 0 Å². The summed E-state index contributed by atoms with van der Waals surface area (Å²) in [7, 11) is 1.97. The molecule has 0 bridgehead atoms. The molecule has 1 N–H and O–H groups in total. The molecule has 0 unspecified atom stereocenters. The van der Waals surface area contributed by atoms with Crippen molar-refractivity contribution in [2.45, 2.75) is 6.54 Å². The second-order valence-corrected chi connectivity index (χ2v) is 6.91. The molecule has 1 amide bonds. The number of aryl methyl sites for hydroxylation is 1. The van der Waals surface area contributed by atoms with Crippen molar-refractivity contribution in [3.05, 3.63) is 76.3 Å². The van der Waals surface area contributed by atoms with Crippen LogP contribution in [0.2, 0.25) is 10.0 Å². The molecule has 0 spiro atoms. The van der Waals surface area contributed by atoms with Gasteiger partial charge < -0.3 is 9.88 Å². The van der Waals surface area contributed by atoms with Crippen molar-refractivity contribution in [2.24, 2.45) is 7.05 Å². The van der Waals surface area contributed by atoms with E-state index >= 15 is 0 Å². The molecule has 27 heavy (non-hydrogen) atoms. The highest BCUT2D eigenvalue weighted by Crippen LogP contribution is 2.27. The topological polar surface area (TPSA) is 64.7 Å². The molecule has 0 aliphatic carbocycles. The van der Waals surface area contributed by atoms with Gasteiger partial charge >= 0.3 is 0 Å². The summed E-state index contributed by atoms with van der Waals surface area (Å²) >= 11 is 12.3. The highest BCUT2D eigenvalue weighted by Gasteiger charge is 2.17. The maximum Gasteiger partial charge on any atom is 0.258 e. The maximum absolute atomic E-state index is 12.6. The quantitative estimate of drug-likeness (QED) is 0.553. The summed E-state index contributed by atoms with van der Waals surface area (Å²) in [5.74, 6) is -0.341. The van der Waals surface area contributed by atoms with Crippen molar-refractivity contribution in [1.82, 2.24) is 19.3 Å². The largest absolute Gasteiger partial charge is 0.353 e. The van der Waals surface area contributed by atoms with Gasteiger partial charge in [0, 0.05) is 35.8 Å². The van der Waals surface area contributed by atoms with E-state index < -0.39 is 0 Å². The van der Waals surface area contributed by atoms with Crippen LogP contribution in [0.3, 0.4) is 0 Å². The number of hydrogen-bond acceptors (Lipinski definition) is 3. The van der Waals surface area contributed by atoms with Crippen molar-refractivity contribution in [2.75, 3.05) is 5.32 Å². The van der Waals surface area contributed by atoms with Gasteiger partial charge in [-0.1, -0.05) is 23.2 Å². The number of amides is 1. The highest BCUT2D eigenvalue weighted by atomic mass is 35.5. The minimum atomic E-state index is -0.341. The number of hydrogen-bond donors (Lipinski definition) is 1. The smallest absolute Gasteiger partial charge is 0.258 e. The van der Waals surface area contributed by atoms with Gasteiger partial charge in [0.05, 0.1) is 28.7 Å². The highest BCUT2D eigenvalue weighted by molar-refractivity contribution is 6.38. The molecule has 0 saturated carbocycles. The number of nitrogens with one attached hydrogen (secondary N) is 1. The summed E-state index contributed by atoms with van der Waals surface area (Å²) in [5.41, 5.74) is 2.63. The van der Waals surface area contributed by atoms with E-state index in [2.05, 4.69) is 15.4 Å². The summed E-state index contributed by atoms with van der Waals surface area (Å²) in [6.07, 6.45) is 5.08. The van der Waals surface area contributed by atoms with E-state index in [4.69, 9.17) is 23.2 Å². The Kier molecular flexibility index (Phi) is 4.59. The van der Waals surface area contributed by atoms with Crippen molar-refractivity contribution in [3.8, 4) is 0 Å². The van der Waals surface area contributed by atoms with Crippen LogP contribution in [-0.4, -0.2) is 25.2 Å². The van der Waals surface area contributed by atoms with Gasteiger partial charge in [0.1, 0.15) is 0 Å². The zero-order valence-electron chi connectivity index (χ0n) is 14.4. The number of fused-ring (bicyclic) bond motifs is 1. The van der Waals surface area contributed by atoms with Crippen molar-refractivity contribution >= 4 is 45.8 Å². The van der Waals surface area contributed by atoms with Gasteiger partial charge in [0.25, 0.3) is 5.91 Å². The Morgan fingerprint density at radius 3 is 2.63 bits per heavy atom. The monoisotopic (exact) mass is 399 g/mol.